The largest absolute Gasteiger partial charge is 0.345 e. The maximum atomic E-state index is 11.8. The first-order chi connectivity index (χ1) is 8.54. The summed E-state index contributed by atoms with van der Waals surface area (Å²) in [7, 11) is 1.71. The normalized spacial score (nSPS) is 13.7. The molecule has 1 amide bonds. The first-order valence-electron chi connectivity index (χ1n) is 6.06. The average molecular weight is 248 g/mol. The molecule has 0 radical (unpaired) electrons. The van der Waals surface area contributed by atoms with Gasteiger partial charge >= 0.3 is 0 Å². The number of ketones is 1. The highest BCUT2D eigenvalue weighted by Gasteiger charge is 2.20. The van der Waals surface area contributed by atoms with Crippen LogP contribution in [0.4, 0.5) is 0 Å². The van der Waals surface area contributed by atoms with Crippen LogP contribution in [0.5, 0.6) is 0 Å². The molecule has 1 rings (SSSR count). The smallest absolute Gasteiger partial charge is 0.237 e. The van der Waals surface area contributed by atoms with Crippen LogP contribution in [0.1, 0.15) is 19.4 Å². The minimum atomic E-state index is -0.462. The van der Waals surface area contributed by atoms with Gasteiger partial charge in [0.25, 0.3) is 0 Å². The highest BCUT2D eigenvalue weighted by molar-refractivity contribution is 5.89. The van der Waals surface area contributed by atoms with Gasteiger partial charge in [-0.3, -0.25) is 9.59 Å². The molecule has 0 heterocycles. The molecule has 0 aliphatic heterocycles. The van der Waals surface area contributed by atoms with Crippen molar-refractivity contribution in [3.05, 3.63) is 35.9 Å². The zero-order valence-electron chi connectivity index (χ0n) is 11.1. The topological polar surface area (TPSA) is 58.2 Å². The van der Waals surface area contributed by atoms with E-state index in [1.54, 1.807) is 14.0 Å². The fraction of sp³-hybridized carbons (Fsp3) is 0.429. The van der Waals surface area contributed by atoms with E-state index in [1.807, 2.05) is 30.3 Å². The number of carbonyl (C=O) groups is 2. The van der Waals surface area contributed by atoms with Gasteiger partial charge < -0.3 is 10.6 Å². The Morgan fingerprint density at radius 1 is 1.22 bits per heavy atom. The highest BCUT2D eigenvalue weighted by Crippen LogP contribution is 2.04. The van der Waals surface area contributed by atoms with E-state index in [4.69, 9.17) is 0 Å². The second-order valence-electron chi connectivity index (χ2n) is 4.37. The number of rotatable bonds is 6. The van der Waals surface area contributed by atoms with E-state index in [1.165, 1.54) is 6.92 Å². The summed E-state index contributed by atoms with van der Waals surface area (Å²) < 4.78 is 0. The molecular formula is C14H20N2O2. The maximum absolute atomic E-state index is 11.8. The molecule has 18 heavy (non-hydrogen) atoms. The predicted octanol–water partition coefficient (Wildman–Crippen LogP) is 0.911. The van der Waals surface area contributed by atoms with Gasteiger partial charge in [0.15, 0.2) is 5.78 Å². The van der Waals surface area contributed by atoms with E-state index < -0.39 is 6.04 Å². The van der Waals surface area contributed by atoms with E-state index in [2.05, 4.69) is 10.6 Å². The molecule has 0 saturated heterocycles. The first-order valence-corrected chi connectivity index (χ1v) is 6.06. The van der Waals surface area contributed by atoms with Gasteiger partial charge in [0.2, 0.25) is 5.91 Å². The molecule has 2 N–H and O–H groups in total. The van der Waals surface area contributed by atoms with Gasteiger partial charge in [0, 0.05) is 0 Å². The fourth-order valence-corrected chi connectivity index (χ4v) is 1.57. The monoisotopic (exact) mass is 248 g/mol. The lowest BCUT2D eigenvalue weighted by Crippen LogP contribution is -2.48. The summed E-state index contributed by atoms with van der Waals surface area (Å²) >= 11 is 0. The summed E-state index contributed by atoms with van der Waals surface area (Å²) in [6.45, 7) is 3.26. The zero-order chi connectivity index (χ0) is 13.5. The molecule has 0 aliphatic carbocycles. The van der Waals surface area contributed by atoms with Crippen molar-refractivity contribution in [1.82, 2.24) is 10.6 Å². The molecule has 98 valence electrons. The lowest BCUT2D eigenvalue weighted by molar-refractivity contribution is -0.127. The van der Waals surface area contributed by atoms with Crippen LogP contribution in [0, 0.1) is 0 Å². The van der Waals surface area contributed by atoms with Crippen molar-refractivity contribution in [1.29, 1.82) is 0 Å². The van der Waals surface area contributed by atoms with Crippen LogP contribution < -0.4 is 10.6 Å². The molecule has 0 fully saturated rings. The predicted molar refractivity (Wildman–Crippen MR) is 71.3 cm³/mol. The quantitative estimate of drug-likeness (QED) is 0.786. The Labute approximate surface area is 108 Å². The van der Waals surface area contributed by atoms with Gasteiger partial charge in [0.1, 0.15) is 0 Å². The van der Waals surface area contributed by atoms with E-state index in [-0.39, 0.29) is 17.7 Å². The number of carbonyl (C=O) groups excluding carboxylic acids is 2. The SMILES string of the molecule is CN[C@H](C)C(=O)N[C@H](Cc1ccccc1)C(C)=O. The van der Waals surface area contributed by atoms with Crippen LogP contribution in [-0.2, 0) is 16.0 Å². The van der Waals surface area contributed by atoms with Crippen LogP contribution in [-0.4, -0.2) is 30.8 Å². The summed E-state index contributed by atoms with van der Waals surface area (Å²) in [5.74, 6) is -0.191. The summed E-state index contributed by atoms with van der Waals surface area (Å²) in [4.78, 5) is 23.3. The van der Waals surface area contributed by atoms with Crippen LogP contribution in [0.25, 0.3) is 0 Å². The minimum absolute atomic E-state index is 0.0319. The fourth-order valence-electron chi connectivity index (χ4n) is 1.57. The Hall–Kier alpha value is -1.68. The number of benzene rings is 1. The Morgan fingerprint density at radius 3 is 2.33 bits per heavy atom. The van der Waals surface area contributed by atoms with Crippen LogP contribution in [0.2, 0.25) is 0 Å². The summed E-state index contributed by atoms with van der Waals surface area (Å²) in [6.07, 6.45) is 0.526. The van der Waals surface area contributed by atoms with Crippen molar-refractivity contribution >= 4 is 11.7 Å². The highest BCUT2D eigenvalue weighted by atomic mass is 16.2. The van der Waals surface area contributed by atoms with Gasteiger partial charge in [0.05, 0.1) is 12.1 Å². The molecular weight excluding hydrogens is 228 g/mol. The van der Waals surface area contributed by atoms with Crippen molar-refractivity contribution < 1.29 is 9.59 Å². The molecule has 0 aliphatic rings. The molecule has 0 aromatic heterocycles. The first kappa shape index (κ1) is 14.4. The molecule has 4 nitrogen and oxygen atoms in total. The number of likely N-dealkylation sites (N-methyl/N-ethyl adjacent to an activating group) is 1. The van der Waals surface area contributed by atoms with Crippen LogP contribution >= 0.6 is 0 Å². The van der Waals surface area contributed by atoms with Crippen LogP contribution in [0.3, 0.4) is 0 Å². The second kappa shape index (κ2) is 6.91. The molecule has 0 spiro atoms. The average Bonchev–Trinajstić information content (AvgIpc) is 2.37. The van der Waals surface area contributed by atoms with Crippen molar-refractivity contribution in [2.24, 2.45) is 0 Å². The van der Waals surface area contributed by atoms with Crippen LogP contribution in [0.15, 0.2) is 30.3 Å². The minimum Gasteiger partial charge on any atom is -0.345 e. The summed E-state index contributed by atoms with van der Waals surface area (Å²) in [5, 5.41) is 5.61. The Balaban J connectivity index is 2.67. The lowest BCUT2D eigenvalue weighted by atomic mass is 10.0. The van der Waals surface area contributed by atoms with Crippen molar-refractivity contribution in [3.63, 3.8) is 0 Å². The molecule has 4 heteroatoms. The molecule has 0 bridgehead atoms. The molecule has 1 aromatic rings. The third kappa shape index (κ3) is 4.30. The van der Waals surface area contributed by atoms with Gasteiger partial charge in [-0.2, -0.15) is 0 Å². The Morgan fingerprint density at radius 2 is 1.83 bits per heavy atom. The van der Waals surface area contributed by atoms with E-state index in [0.717, 1.165) is 5.56 Å². The van der Waals surface area contributed by atoms with Gasteiger partial charge in [-0.25, -0.2) is 0 Å². The Bertz CT molecular complexity index is 404. The van der Waals surface area contributed by atoms with E-state index in [0.29, 0.717) is 6.42 Å². The summed E-state index contributed by atoms with van der Waals surface area (Å²) in [5.41, 5.74) is 1.04. The maximum Gasteiger partial charge on any atom is 0.237 e. The van der Waals surface area contributed by atoms with E-state index in [9.17, 15) is 9.59 Å². The van der Waals surface area contributed by atoms with E-state index >= 15 is 0 Å². The van der Waals surface area contributed by atoms with Gasteiger partial charge in [-0.1, -0.05) is 30.3 Å². The molecule has 1 aromatic carbocycles. The van der Waals surface area contributed by atoms with Crippen molar-refractivity contribution in [2.75, 3.05) is 7.05 Å². The third-order valence-corrected chi connectivity index (χ3v) is 2.92. The van der Waals surface area contributed by atoms with Crippen molar-refractivity contribution in [3.8, 4) is 0 Å². The zero-order valence-corrected chi connectivity index (χ0v) is 11.1. The number of hydrogen-bond donors (Lipinski definition) is 2. The summed E-state index contributed by atoms with van der Waals surface area (Å²) in [6, 6.07) is 8.90. The lowest BCUT2D eigenvalue weighted by Gasteiger charge is -2.18. The van der Waals surface area contributed by atoms with Crippen molar-refractivity contribution in [2.45, 2.75) is 32.4 Å². The number of amides is 1. The number of nitrogens with one attached hydrogen (secondary N) is 2. The second-order valence-corrected chi connectivity index (χ2v) is 4.37. The molecule has 2 atom stereocenters. The van der Waals surface area contributed by atoms with Gasteiger partial charge in [-0.15, -0.1) is 0 Å². The number of hydrogen-bond acceptors (Lipinski definition) is 3. The standard InChI is InChI=1S/C14H20N2O2/c1-10(15-3)14(18)16-13(11(2)17)9-12-7-5-4-6-8-12/h4-8,10,13,15H,9H2,1-3H3,(H,16,18)/t10-,13-/m1/s1. The Kier molecular flexibility index (Phi) is 5.52. The number of Topliss-reactive ketones (excluding diaryl/α,β-unsaturated/α-hetero) is 1. The van der Waals surface area contributed by atoms with Gasteiger partial charge in [-0.05, 0) is 32.9 Å². The third-order valence-electron chi connectivity index (χ3n) is 2.92. The molecule has 0 saturated carbocycles. The molecule has 0 unspecified atom stereocenters.